The number of fused-ring (bicyclic) bond motifs is 5. The van der Waals surface area contributed by atoms with Crippen LogP contribution in [0.2, 0.25) is 0 Å². The molecule has 0 heterocycles. The van der Waals surface area contributed by atoms with Gasteiger partial charge in [-0.3, -0.25) is 0 Å². The number of hydrogen-bond donors (Lipinski definition) is 3. The lowest BCUT2D eigenvalue weighted by molar-refractivity contribution is -0.0226. The van der Waals surface area contributed by atoms with E-state index in [1.54, 1.807) is 0 Å². The van der Waals surface area contributed by atoms with Gasteiger partial charge in [0.2, 0.25) is 0 Å². The van der Waals surface area contributed by atoms with Crippen LogP contribution in [0.5, 0.6) is 5.75 Å². The predicted molar refractivity (Wildman–Crippen MR) is 87.9 cm³/mol. The van der Waals surface area contributed by atoms with Crippen LogP contribution in [0.4, 0.5) is 0 Å². The van der Waals surface area contributed by atoms with Crippen molar-refractivity contribution in [3.05, 3.63) is 29.3 Å². The van der Waals surface area contributed by atoms with Gasteiger partial charge in [-0.1, -0.05) is 13.0 Å². The summed E-state index contributed by atoms with van der Waals surface area (Å²) in [6, 6.07) is 5.91. The third-order valence-electron chi connectivity index (χ3n) is 6.89. The molecule has 4 nitrogen and oxygen atoms in total. The minimum Gasteiger partial charge on any atom is -0.512 e. The van der Waals surface area contributed by atoms with Gasteiger partial charge in [-0.2, -0.15) is 0 Å². The third-order valence-corrected chi connectivity index (χ3v) is 6.89. The summed E-state index contributed by atoms with van der Waals surface area (Å²) in [5.74, 6) is 2.41. The Morgan fingerprint density at radius 3 is 2.78 bits per heavy atom. The molecule has 124 valence electrons. The van der Waals surface area contributed by atoms with Crippen LogP contribution in [0.25, 0.3) is 0 Å². The lowest BCUT2D eigenvalue weighted by Gasteiger charge is -2.50. The molecule has 4 rings (SSSR count). The lowest BCUT2D eigenvalue weighted by Crippen LogP contribution is -2.43. The summed E-state index contributed by atoms with van der Waals surface area (Å²) in [6.07, 6.45) is 6.41. The molecule has 5 heteroatoms. The Morgan fingerprint density at radius 1 is 1.17 bits per heavy atom. The van der Waals surface area contributed by atoms with Crippen molar-refractivity contribution in [1.29, 1.82) is 0 Å². The van der Waals surface area contributed by atoms with Crippen LogP contribution in [0.1, 0.15) is 56.1 Å². The molecule has 0 aromatic heterocycles. The molecule has 0 amide bonds. The van der Waals surface area contributed by atoms with Crippen LogP contribution < -0.4 is 4.65 Å². The van der Waals surface area contributed by atoms with Crippen molar-refractivity contribution in [1.82, 2.24) is 0 Å². The Hall–Kier alpha value is -1.04. The van der Waals surface area contributed by atoms with E-state index in [1.807, 2.05) is 12.1 Å². The van der Waals surface area contributed by atoms with Crippen LogP contribution in [0.15, 0.2) is 18.2 Å². The quantitative estimate of drug-likeness (QED) is 0.732. The minimum atomic E-state index is -1.76. The van der Waals surface area contributed by atoms with Gasteiger partial charge < -0.3 is 19.8 Å². The summed E-state index contributed by atoms with van der Waals surface area (Å²) in [5, 5.41) is 28.4. The molecule has 3 aliphatic carbocycles. The van der Waals surface area contributed by atoms with Gasteiger partial charge >= 0.3 is 7.32 Å². The zero-order chi connectivity index (χ0) is 16.2. The van der Waals surface area contributed by atoms with Crippen molar-refractivity contribution in [2.45, 2.75) is 57.5 Å². The van der Waals surface area contributed by atoms with E-state index in [0.29, 0.717) is 23.5 Å². The largest absolute Gasteiger partial charge is 0.707 e. The Bertz CT molecular complexity index is 605. The fourth-order valence-electron chi connectivity index (χ4n) is 5.73. The molecule has 0 spiro atoms. The molecule has 2 fully saturated rings. The summed E-state index contributed by atoms with van der Waals surface area (Å²) in [7, 11) is -1.76. The van der Waals surface area contributed by atoms with Crippen molar-refractivity contribution in [3.8, 4) is 5.75 Å². The van der Waals surface area contributed by atoms with Gasteiger partial charge in [0, 0.05) is 0 Å². The van der Waals surface area contributed by atoms with E-state index >= 15 is 0 Å². The van der Waals surface area contributed by atoms with Gasteiger partial charge in [0.05, 0.1) is 6.10 Å². The molecule has 0 bridgehead atoms. The van der Waals surface area contributed by atoms with Crippen molar-refractivity contribution in [3.63, 3.8) is 0 Å². The molecule has 3 N–H and O–H groups in total. The first kappa shape index (κ1) is 15.5. The molecule has 0 saturated heterocycles. The van der Waals surface area contributed by atoms with Crippen LogP contribution in [0.3, 0.4) is 0 Å². The van der Waals surface area contributed by atoms with Crippen molar-refractivity contribution in [2.75, 3.05) is 0 Å². The molecule has 0 unspecified atom stereocenters. The molecule has 2 saturated carbocycles. The molecule has 5 atom stereocenters. The second kappa shape index (κ2) is 5.50. The highest BCUT2D eigenvalue weighted by Crippen LogP contribution is 2.60. The SMILES string of the molecule is C[C@]12CC[C@@H]3c4ccc(OB(O)O)cc4CC[C@H]3[C@@H]1CC[C@@H]2O. The number of aliphatic hydroxyl groups excluding tert-OH is 1. The van der Waals surface area contributed by atoms with E-state index in [1.165, 1.54) is 11.1 Å². The molecule has 23 heavy (non-hydrogen) atoms. The van der Waals surface area contributed by atoms with Gasteiger partial charge in [-0.15, -0.1) is 0 Å². The Labute approximate surface area is 137 Å². The Balaban J connectivity index is 1.62. The molecule has 0 aliphatic heterocycles. The second-order valence-electron chi connectivity index (χ2n) is 7.86. The third kappa shape index (κ3) is 2.41. The molecule has 1 aromatic rings. The van der Waals surface area contributed by atoms with E-state index in [9.17, 15) is 5.11 Å². The van der Waals surface area contributed by atoms with Crippen LogP contribution in [-0.4, -0.2) is 28.6 Å². The maximum atomic E-state index is 10.4. The first-order valence-corrected chi connectivity index (χ1v) is 8.83. The normalized spacial score (nSPS) is 38.4. The van der Waals surface area contributed by atoms with Crippen molar-refractivity contribution in [2.24, 2.45) is 17.3 Å². The second-order valence-corrected chi connectivity index (χ2v) is 7.86. The highest BCUT2D eigenvalue weighted by Gasteiger charge is 2.54. The first-order chi connectivity index (χ1) is 11.0. The molecule has 0 radical (unpaired) electrons. The maximum Gasteiger partial charge on any atom is 0.707 e. The summed E-state index contributed by atoms with van der Waals surface area (Å²) in [6.45, 7) is 2.29. The van der Waals surface area contributed by atoms with Crippen molar-refractivity contribution < 1.29 is 19.8 Å². The smallest absolute Gasteiger partial charge is 0.512 e. The number of rotatable bonds is 2. The van der Waals surface area contributed by atoms with E-state index in [0.717, 1.165) is 38.5 Å². The lowest BCUT2D eigenvalue weighted by atomic mass is 9.55. The van der Waals surface area contributed by atoms with E-state index in [-0.39, 0.29) is 11.5 Å². The average Bonchev–Trinajstić information content (AvgIpc) is 2.82. The standard InChI is InChI=1S/C18H25BO4/c1-18-9-8-14-13-5-3-12(23-19(21)22)10-11(13)2-4-15(14)16(18)6-7-17(18)20/h3,5,10,14-17,20-22H,2,4,6-9H2,1H3/t14-,15-,16+,17+,18+/m1/s1. The van der Waals surface area contributed by atoms with Gasteiger partial charge in [0.15, 0.2) is 0 Å². The maximum absolute atomic E-state index is 10.4. The van der Waals surface area contributed by atoms with Gasteiger partial charge in [0.25, 0.3) is 0 Å². The molecule has 3 aliphatic rings. The zero-order valence-electron chi connectivity index (χ0n) is 13.6. The number of aliphatic hydroxyl groups is 1. The molecular weight excluding hydrogens is 291 g/mol. The summed E-state index contributed by atoms with van der Waals surface area (Å²) in [5.41, 5.74) is 2.80. The Kier molecular flexibility index (Phi) is 3.71. The topological polar surface area (TPSA) is 69.9 Å². The van der Waals surface area contributed by atoms with Crippen LogP contribution >= 0.6 is 0 Å². The average molecular weight is 316 g/mol. The first-order valence-electron chi connectivity index (χ1n) is 8.83. The highest BCUT2D eigenvalue weighted by molar-refractivity contribution is 6.33. The number of benzene rings is 1. The zero-order valence-corrected chi connectivity index (χ0v) is 13.6. The van der Waals surface area contributed by atoms with Crippen molar-refractivity contribution >= 4 is 7.32 Å². The highest BCUT2D eigenvalue weighted by atomic mass is 16.6. The fourth-order valence-corrected chi connectivity index (χ4v) is 5.73. The summed E-state index contributed by atoms with van der Waals surface area (Å²) < 4.78 is 4.99. The van der Waals surface area contributed by atoms with Gasteiger partial charge in [-0.25, -0.2) is 0 Å². The number of aryl methyl sites for hydroxylation is 1. The number of hydrogen-bond acceptors (Lipinski definition) is 4. The summed E-state index contributed by atoms with van der Waals surface area (Å²) >= 11 is 0. The van der Waals surface area contributed by atoms with E-state index in [2.05, 4.69) is 13.0 Å². The molecular formula is C18H25BO4. The molecule has 1 aromatic carbocycles. The van der Waals surface area contributed by atoms with Crippen LogP contribution in [-0.2, 0) is 6.42 Å². The fraction of sp³-hybridized carbons (Fsp3) is 0.667. The minimum absolute atomic E-state index is 0.114. The monoisotopic (exact) mass is 316 g/mol. The predicted octanol–water partition coefficient (Wildman–Crippen LogP) is 2.25. The van der Waals surface area contributed by atoms with E-state index < -0.39 is 7.32 Å². The van der Waals surface area contributed by atoms with Gasteiger partial charge in [-0.05, 0) is 85.0 Å². The Morgan fingerprint density at radius 2 is 2.00 bits per heavy atom. The van der Waals surface area contributed by atoms with Gasteiger partial charge in [0.1, 0.15) is 5.75 Å². The van der Waals surface area contributed by atoms with E-state index in [4.69, 9.17) is 14.7 Å². The summed E-state index contributed by atoms with van der Waals surface area (Å²) in [4.78, 5) is 0. The van der Waals surface area contributed by atoms with Crippen LogP contribution in [0, 0.1) is 17.3 Å².